The van der Waals surface area contributed by atoms with Crippen LogP contribution in [0.3, 0.4) is 0 Å². The summed E-state index contributed by atoms with van der Waals surface area (Å²) in [5, 5.41) is 10.1. The molecular formula is C24H32N6O2. The molecule has 1 spiro atoms. The maximum Gasteiger partial charge on any atom is 0.273 e. The number of allylic oxidation sites excluding steroid dienone is 1. The van der Waals surface area contributed by atoms with Gasteiger partial charge in [-0.3, -0.25) is 9.59 Å². The molecule has 0 radical (unpaired) electrons. The number of hydrazine groups is 1. The van der Waals surface area contributed by atoms with Crippen LogP contribution in [-0.4, -0.2) is 63.9 Å². The minimum Gasteiger partial charge on any atom is -0.359 e. The molecule has 3 N–H and O–H groups in total. The van der Waals surface area contributed by atoms with Gasteiger partial charge in [0.25, 0.3) is 5.91 Å². The molecule has 3 aliphatic rings. The number of fused-ring (bicyclic) bond motifs is 1. The third-order valence-electron chi connectivity index (χ3n) is 7.11. The first-order chi connectivity index (χ1) is 15.2. The molecule has 1 saturated heterocycles. The summed E-state index contributed by atoms with van der Waals surface area (Å²) in [5.74, 6) is 0.595. The molecule has 1 amide bonds. The molecule has 170 valence electrons. The van der Waals surface area contributed by atoms with E-state index < -0.39 is 0 Å². The summed E-state index contributed by atoms with van der Waals surface area (Å²) in [7, 11) is 1.80. The number of nitrogens with zero attached hydrogens (tertiary/aromatic N) is 3. The lowest BCUT2D eigenvalue weighted by atomic mass is 9.67. The quantitative estimate of drug-likeness (QED) is 0.670. The van der Waals surface area contributed by atoms with Gasteiger partial charge in [-0.1, -0.05) is 0 Å². The average molecular weight is 437 g/mol. The third kappa shape index (κ3) is 3.42. The number of carbonyl (C=O) groups is 2. The van der Waals surface area contributed by atoms with E-state index in [0.29, 0.717) is 30.2 Å². The lowest BCUT2D eigenvalue weighted by Crippen LogP contribution is -2.52. The van der Waals surface area contributed by atoms with Crippen molar-refractivity contribution in [3.8, 4) is 0 Å². The fourth-order valence-corrected chi connectivity index (χ4v) is 5.43. The Morgan fingerprint density at radius 3 is 2.62 bits per heavy atom. The molecule has 0 saturated carbocycles. The molecule has 1 aromatic carbocycles. The highest BCUT2D eigenvalue weighted by molar-refractivity contribution is 6.06. The number of benzene rings is 1. The predicted molar refractivity (Wildman–Crippen MR) is 124 cm³/mol. The monoisotopic (exact) mass is 436 g/mol. The van der Waals surface area contributed by atoms with Crippen molar-refractivity contribution in [3.63, 3.8) is 0 Å². The zero-order valence-electron chi connectivity index (χ0n) is 19.3. The Hall–Kier alpha value is -2.71. The summed E-state index contributed by atoms with van der Waals surface area (Å²) in [4.78, 5) is 35.0. The van der Waals surface area contributed by atoms with Gasteiger partial charge < -0.3 is 15.6 Å². The molecule has 0 unspecified atom stereocenters. The van der Waals surface area contributed by atoms with Crippen LogP contribution < -0.4 is 10.6 Å². The van der Waals surface area contributed by atoms with Crippen LogP contribution in [0.4, 0.5) is 5.95 Å². The van der Waals surface area contributed by atoms with Crippen LogP contribution in [0.15, 0.2) is 29.5 Å². The lowest BCUT2D eigenvalue weighted by molar-refractivity contribution is -0.122. The second-order valence-corrected chi connectivity index (χ2v) is 10.4. The van der Waals surface area contributed by atoms with Crippen molar-refractivity contribution >= 4 is 28.7 Å². The van der Waals surface area contributed by atoms with E-state index in [1.807, 2.05) is 12.1 Å². The van der Waals surface area contributed by atoms with Gasteiger partial charge in [-0.05, 0) is 82.3 Å². The van der Waals surface area contributed by atoms with E-state index in [1.165, 1.54) is 0 Å². The van der Waals surface area contributed by atoms with Crippen molar-refractivity contribution in [1.29, 1.82) is 0 Å². The molecule has 1 aliphatic carbocycles. The zero-order chi connectivity index (χ0) is 22.7. The summed E-state index contributed by atoms with van der Waals surface area (Å²) in [6.45, 7) is 8.82. The predicted octanol–water partition coefficient (Wildman–Crippen LogP) is 3.06. The molecule has 0 atom stereocenters. The number of carbonyl (C=O) groups excluding carboxylic acids is 2. The van der Waals surface area contributed by atoms with Crippen molar-refractivity contribution in [1.82, 2.24) is 25.3 Å². The number of nitrogens with one attached hydrogen (secondary N) is 3. The number of rotatable bonds is 2. The Morgan fingerprint density at radius 1 is 1.19 bits per heavy atom. The van der Waals surface area contributed by atoms with Gasteiger partial charge >= 0.3 is 0 Å². The minimum atomic E-state index is -0.300. The number of amides is 1. The Morgan fingerprint density at radius 2 is 1.94 bits per heavy atom. The van der Waals surface area contributed by atoms with E-state index in [1.54, 1.807) is 18.1 Å². The number of aromatic amines is 1. The highest BCUT2D eigenvalue weighted by Crippen LogP contribution is 2.48. The summed E-state index contributed by atoms with van der Waals surface area (Å²) in [6, 6.07) is 5.47. The molecule has 32 heavy (non-hydrogen) atoms. The van der Waals surface area contributed by atoms with E-state index in [0.717, 1.165) is 49.0 Å². The van der Waals surface area contributed by atoms with Crippen molar-refractivity contribution in [2.75, 3.05) is 32.0 Å². The molecular weight excluding hydrogens is 404 g/mol. The van der Waals surface area contributed by atoms with Crippen LogP contribution in [0.25, 0.3) is 11.0 Å². The van der Waals surface area contributed by atoms with Crippen molar-refractivity contribution in [2.45, 2.75) is 52.0 Å². The van der Waals surface area contributed by atoms with E-state index in [4.69, 9.17) is 0 Å². The molecule has 0 bridgehead atoms. The highest BCUT2D eigenvalue weighted by atomic mass is 16.2. The summed E-state index contributed by atoms with van der Waals surface area (Å²) in [5.41, 5.74) is 3.60. The largest absolute Gasteiger partial charge is 0.359 e. The standard InChI is InChI=1S/C24H32N6O2/c1-23(2,3)29-14-16-12-24(7-9-26-10-8-24)13-19(31)20(16)30(29)21(32)15-5-6-17-18(11-15)28-22(25-4)27-17/h5-6,11,26H,7-10,12-14H2,1-4H3,(H2,25,27,28). The van der Waals surface area contributed by atoms with Crippen molar-refractivity contribution < 1.29 is 9.59 Å². The van der Waals surface area contributed by atoms with Crippen molar-refractivity contribution in [2.24, 2.45) is 5.41 Å². The van der Waals surface area contributed by atoms with E-state index in [-0.39, 0.29) is 22.6 Å². The second kappa shape index (κ2) is 7.42. The topological polar surface area (TPSA) is 93.4 Å². The third-order valence-corrected chi connectivity index (χ3v) is 7.11. The number of H-pyrrole nitrogens is 1. The lowest BCUT2D eigenvalue weighted by Gasteiger charge is -2.41. The molecule has 2 aromatic rings. The van der Waals surface area contributed by atoms with E-state index in [2.05, 4.69) is 46.4 Å². The van der Waals surface area contributed by atoms with Crippen LogP contribution >= 0.6 is 0 Å². The number of anilines is 1. The average Bonchev–Trinajstić information content (AvgIpc) is 3.34. The van der Waals surface area contributed by atoms with Crippen LogP contribution in [0, 0.1) is 5.41 Å². The minimum absolute atomic E-state index is 0.0438. The molecule has 1 fully saturated rings. The Labute approximate surface area is 188 Å². The Kier molecular flexibility index (Phi) is 4.90. The van der Waals surface area contributed by atoms with E-state index >= 15 is 0 Å². The van der Waals surface area contributed by atoms with Crippen LogP contribution in [-0.2, 0) is 4.79 Å². The summed E-state index contributed by atoms with van der Waals surface area (Å²) < 4.78 is 0. The van der Waals surface area contributed by atoms with Crippen LogP contribution in [0.5, 0.6) is 0 Å². The fraction of sp³-hybridized carbons (Fsp3) is 0.542. The number of Topliss-reactive ketones (excluding diaryl/α,β-unsaturated/α-hetero) is 1. The van der Waals surface area contributed by atoms with Gasteiger partial charge in [0, 0.05) is 31.1 Å². The fourth-order valence-electron chi connectivity index (χ4n) is 5.43. The van der Waals surface area contributed by atoms with E-state index in [9.17, 15) is 9.59 Å². The first-order valence-electron chi connectivity index (χ1n) is 11.5. The number of piperidine rings is 1. The molecule has 2 aliphatic heterocycles. The first-order valence-corrected chi connectivity index (χ1v) is 11.5. The van der Waals surface area contributed by atoms with Gasteiger partial charge in [-0.15, -0.1) is 0 Å². The van der Waals surface area contributed by atoms with Gasteiger partial charge in [-0.2, -0.15) is 0 Å². The number of hydrogen-bond donors (Lipinski definition) is 3. The van der Waals surface area contributed by atoms with Gasteiger partial charge in [0.15, 0.2) is 5.78 Å². The van der Waals surface area contributed by atoms with Gasteiger partial charge in [-0.25, -0.2) is 15.0 Å². The molecule has 8 heteroatoms. The smallest absolute Gasteiger partial charge is 0.273 e. The van der Waals surface area contributed by atoms with Gasteiger partial charge in [0.1, 0.15) is 5.70 Å². The normalized spacial score (nSPS) is 21.5. The maximum atomic E-state index is 13.8. The van der Waals surface area contributed by atoms with Crippen LogP contribution in [0.1, 0.15) is 56.8 Å². The SMILES string of the molecule is CNc1nc2ccc(C(=O)N3C4=C(CN3C(C)(C)C)CC3(CCNCC3)CC4=O)cc2[nH]1. The van der Waals surface area contributed by atoms with Crippen molar-refractivity contribution in [3.05, 3.63) is 35.0 Å². The summed E-state index contributed by atoms with van der Waals surface area (Å²) >= 11 is 0. The number of imidazole rings is 1. The molecule has 5 rings (SSSR count). The summed E-state index contributed by atoms with van der Waals surface area (Å²) in [6.07, 6.45) is 3.46. The molecule has 8 nitrogen and oxygen atoms in total. The molecule has 3 heterocycles. The van der Waals surface area contributed by atoms with Gasteiger partial charge in [0.05, 0.1) is 11.0 Å². The zero-order valence-corrected chi connectivity index (χ0v) is 19.3. The maximum absolute atomic E-state index is 13.8. The highest BCUT2D eigenvalue weighted by Gasteiger charge is 2.49. The van der Waals surface area contributed by atoms with Gasteiger partial charge in [0.2, 0.25) is 5.95 Å². The second-order valence-electron chi connectivity index (χ2n) is 10.4. The Bertz CT molecular complexity index is 1120. The molecule has 1 aromatic heterocycles. The van der Waals surface area contributed by atoms with Crippen LogP contribution in [0.2, 0.25) is 0 Å². The number of aromatic nitrogens is 2. The first kappa shape index (κ1) is 21.2. The Balaban J connectivity index is 1.54. The number of hydrogen-bond acceptors (Lipinski definition) is 6. The number of ketones is 1.